The lowest BCUT2D eigenvalue weighted by atomic mass is 10.0. The first-order valence-electron chi connectivity index (χ1n) is 6.24. The van der Waals surface area contributed by atoms with Crippen LogP contribution in [0.25, 0.3) is 0 Å². The third-order valence-corrected chi connectivity index (χ3v) is 3.17. The van der Waals surface area contributed by atoms with Crippen LogP contribution in [0.1, 0.15) is 58.2 Å². The Morgan fingerprint density at radius 2 is 2.19 bits per heavy atom. The van der Waals surface area contributed by atoms with Crippen LogP contribution in [0.4, 0.5) is 0 Å². The van der Waals surface area contributed by atoms with Gasteiger partial charge in [0, 0.05) is 5.38 Å². The second-order valence-corrected chi connectivity index (χ2v) is 5.27. The van der Waals surface area contributed by atoms with Crippen molar-refractivity contribution in [3.63, 3.8) is 0 Å². The van der Waals surface area contributed by atoms with Crippen molar-refractivity contribution in [1.82, 2.24) is 14.9 Å². The summed E-state index contributed by atoms with van der Waals surface area (Å²) in [6, 6.07) is 0.400. The maximum absolute atomic E-state index is 4.17. The second-order valence-electron chi connectivity index (χ2n) is 4.66. The molecule has 1 N–H and O–H groups in total. The molecule has 0 spiro atoms. The van der Waals surface area contributed by atoms with E-state index in [0.29, 0.717) is 6.04 Å². The molecule has 3 nitrogen and oxygen atoms in total. The maximum atomic E-state index is 4.17. The van der Waals surface area contributed by atoms with Crippen LogP contribution in [0, 0.1) is 5.92 Å². The van der Waals surface area contributed by atoms with E-state index >= 15 is 0 Å². The quantitative estimate of drug-likeness (QED) is 0.758. The van der Waals surface area contributed by atoms with Gasteiger partial charge in [0.25, 0.3) is 0 Å². The van der Waals surface area contributed by atoms with Gasteiger partial charge in [0.05, 0.1) is 11.7 Å². The van der Waals surface area contributed by atoms with Crippen LogP contribution in [0.3, 0.4) is 0 Å². The molecule has 1 aromatic rings. The molecule has 0 aliphatic carbocycles. The average molecular weight is 241 g/mol. The minimum absolute atomic E-state index is 0.400. The molecule has 1 rings (SSSR count). The standard InChI is InChI=1S/C12H23N3S/c1-4-8-13-11(7-5-6-10(2)3)12-9-16-15-14-12/h9-11,13H,4-8H2,1-3H3. The van der Waals surface area contributed by atoms with Crippen molar-refractivity contribution in [3.05, 3.63) is 11.1 Å². The van der Waals surface area contributed by atoms with E-state index in [9.17, 15) is 0 Å². The molecule has 0 radical (unpaired) electrons. The lowest BCUT2D eigenvalue weighted by Gasteiger charge is -2.16. The van der Waals surface area contributed by atoms with Gasteiger partial charge in [-0.3, -0.25) is 0 Å². The summed E-state index contributed by atoms with van der Waals surface area (Å²) in [5.74, 6) is 0.792. The smallest absolute Gasteiger partial charge is 0.0924 e. The predicted molar refractivity (Wildman–Crippen MR) is 69.6 cm³/mol. The van der Waals surface area contributed by atoms with Gasteiger partial charge in [-0.25, -0.2) is 0 Å². The first-order valence-corrected chi connectivity index (χ1v) is 7.08. The van der Waals surface area contributed by atoms with Crippen molar-refractivity contribution in [1.29, 1.82) is 0 Å². The molecular formula is C12H23N3S. The van der Waals surface area contributed by atoms with E-state index in [1.165, 1.54) is 30.8 Å². The van der Waals surface area contributed by atoms with Crippen LogP contribution in [0.15, 0.2) is 5.38 Å². The van der Waals surface area contributed by atoms with E-state index in [0.717, 1.165) is 24.6 Å². The van der Waals surface area contributed by atoms with Gasteiger partial charge in [0.1, 0.15) is 0 Å². The first-order chi connectivity index (χ1) is 7.74. The Bertz CT molecular complexity index is 259. The zero-order valence-electron chi connectivity index (χ0n) is 10.6. The van der Waals surface area contributed by atoms with Crippen molar-refractivity contribution in [2.24, 2.45) is 5.92 Å². The highest BCUT2D eigenvalue weighted by Gasteiger charge is 2.13. The summed E-state index contributed by atoms with van der Waals surface area (Å²) in [6.45, 7) is 7.80. The fourth-order valence-corrected chi connectivity index (χ4v) is 2.23. The average Bonchev–Trinajstić information content (AvgIpc) is 2.75. The fourth-order valence-electron chi connectivity index (χ4n) is 1.73. The van der Waals surface area contributed by atoms with Crippen LogP contribution >= 0.6 is 11.5 Å². The van der Waals surface area contributed by atoms with Crippen molar-refractivity contribution in [3.8, 4) is 0 Å². The number of nitrogens with one attached hydrogen (secondary N) is 1. The molecule has 0 fully saturated rings. The molecule has 0 saturated carbocycles. The second kappa shape index (κ2) is 7.74. The van der Waals surface area contributed by atoms with Gasteiger partial charge in [0.15, 0.2) is 0 Å². The first kappa shape index (κ1) is 13.6. The number of rotatable bonds is 8. The third-order valence-electron chi connectivity index (χ3n) is 2.65. The van der Waals surface area contributed by atoms with Crippen LogP contribution in [0.5, 0.6) is 0 Å². The molecule has 1 unspecified atom stereocenters. The molecule has 0 aliphatic rings. The monoisotopic (exact) mass is 241 g/mol. The summed E-state index contributed by atoms with van der Waals surface area (Å²) < 4.78 is 3.95. The molecule has 0 bridgehead atoms. The zero-order chi connectivity index (χ0) is 11.8. The summed E-state index contributed by atoms with van der Waals surface area (Å²) >= 11 is 1.44. The molecule has 0 amide bonds. The summed E-state index contributed by atoms with van der Waals surface area (Å²) in [7, 11) is 0. The number of aromatic nitrogens is 2. The Morgan fingerprint density at radius 3 is 2.75 bits per heavy atom. The maximum Gasteiger partial charge on any atom is 0.0924 e. The Hall–Kier alpha value is -0.480. The van der Waals surface area contributed by atoms with Crippen molar-refractivity contribution in [2.75, 3.05) is 6.54 Å². The SMILES string of the molecule is CCCNC(CCCC(C)C)c1csnn1. The third kappa shape index (κ3) is 5.03. The Balaban J connectivity index is 2.38. The molecule has 1 atom stereocenters. The molecule has 4 heteroatoms. The fraction of sp³-hybridized carbons (Fsp3) is 0.833. The Labute approximate surface area is 103 Å². The van der Waals surface area contributed by atoms with Gasteiger partial charge < -0.3 is 5.32 Å². The largest absolute Gasteiger partial charge is 0.309 e. The molecule has 1 heterocycles. The molecule has 1 aromatic heterocycles. The summed E-state index contributed by atoms with van der Waals surface area (Å²) in [5, 5.41) is 9.78. The molecule has 0 saturated heterocycles. The van der Waals surface area contributed by atoms with Crippen LogP contribution < -0.4 is 5.32 Å². The van der Waals surface area contributed by atoms with Crippen molar-refractivity contribution < 1.29 is 0 Å². The van der Waals surface area contributed by atoms with Crippen LogP contribution in [-0.2, 0) is 0 Å². The number of hydrogen-bond donors (Lipinski definition) is 1. The predicted octanol–water partition coefficient (Wildman–Crippen LogP) is 3.41. The van der Waals surface area contributed by atoms with Gasteiger partial charge >= 0.3 is 0 Å². The van der Waals surface area contributed by atoms with E-state index in [4.69, 9.17) is 0 Å². The topological polar surface area (TPSA) is 37.8 Å². The minimum Gasteiger partial charge on any atom is -0.309 e. The lowest BCUT2D eigenvalue weighted by Crippen LogP contribution is -2.22. The normalized spacial score (nSPS) is 13.2. The van der Waals surface area contributed by atoms with Crippen LogP contribution in [0.2, 0.25) is 0 Å². The van der Waals surface area contributed by atoms with Crippen LogP contribution in [-0.4, -0.2) is 16.1 Å². The van der Waals surface area contributed by atoms with E-state index in [2.05, 4.69) is 41.1 Å². The Morgan fingerprint density at radius 1 is 1.38 bits per heavy atom. The van der Waals surface area contributed by atoms with E-state index in [1.54, 1.807) is 0 Å². The van der Waals surface area contributed by atoms with Gasteiger partial charge in [-0.2, -0.15) is 0 Å². The van der Waals surface area contributed by atoms with Crippen molar-refractivity contribution >= 4 is 11.5 Å². The minimum atomic E-state index is 0.400. The molecule has 92 valence electrons. The highest BCUT2D eigenvalue weighted by molar-refractivity contribution is 7.03. The van der Waals surface area contributed by atoms with Gasteiger partial charge in [-0.05, 0) is 36.8 Å². The summed E-state index contributed by atoms with van der Waals surface area (Å²) in [4.78, 5) is 0. The Kier molecular flexibility index (Phi) is 6.57. The van der Waals surface area contributed by atoms with E-state index < -0.39 is 0 Å². The number of hydrogen-bond acceptors (Lipinski definition) is 4. The molecule has 0 aliphatic heterocycles. The zero-order valence-corrected chi connectivity index (χ0v) is 11.4. The van der Waals surface area contributed by atoms with E-state index in [-0.39, 0.29) is 0 Å². The number of nitrogens with zero attached hydrogens (tertiary/aromatic N) is 2. The van der Waals surface area contributed by atoms with Crippen molar-refractivity contribution in [2.45, 2.75) is 52.5 Å². The lowest BCUT2D eigenvalue weighted by molar-refractivity contribution is 0.440. The van der Waals surface area contributed by atoms with Gasteiger partial charge in [-0.15, -0.1) is 5.10 Å². The van der Waals surface area contributed by atoms with Gasteiger partial charge in [-0.1, -0.05) is 38.1 Å². The highest BCUT2D eigenvalue weighted by Crippen LogP contribution is 2.19. The highest BCUT2D eigenvalue weighted by atomic mass is 32.1. The van der Waals surface area contributed by atoms with E-state index in [1.807, 2.05) is 0 Å². The summed E-state index contributed by atoms with van der Waals surface area (Å²) in [5.41, 5.74) is 1.11. The molecule has 16 heavy (non-hydrogen) atoms. The molecule has 0 aromatic carbocycles. The van der Waals surface area contributed by atoms with Gasteiger partial charge in [0.2, 0.25) is 0 Å². The summed E-state index contributed by atoms with van der Waals surface area (Å²) in [6.07, 6.45) is 4.89. The molecular weight excluding hydrogens is 218 g/mol.